The van der Waals surface area contributed by atoms with Gasteiger partial charge in [-0.2, -0.15) is 0 Å². The maximum Gasteiger partial charge on any atom is 0.257 e. The van der Waals surface area contributed by atoms with Gasteiger partial charge in [0.2, 0.25) is 11.3 Å². The van der Waals surface area contributed by atoms with E-state index in [1.807, 2.05) is 0 Å². The second-order valence-corrected chi connectivity index (χ2v) is 6.07. The number of halogens is 1. The highest BCUT2D eigenvalue weighted by molar-refractivity contribution is 5.98. The van der Waals surface area contributed by atoms with Crippen LogP contribution in [0.5, 0.6) is 0 Å². The molecule has 25 heavy (non-hydrogen) atoms. The van der Waals surface area contributed by atoms with Crippen LogP contribution in [0, 0.1) is 5.92 Å². The first-order chi connectivity index (χ1) is 11.6. The number of amides is 2. The van der Waals surface area contributed by atoms with Gasteiger partial charge in [0, 0.05) is 29.7 Å². The number of carbonyl (C=O) groups excluding carboxylic acids is 2. The SMILES string of the molecule is Cl.NC(CNC(=O)CNC(=O)c1c[nH]c2ccccc2c1=O)C1CC1. The number of aromatic amines is 1. The van der Waals surface area contributed by atoms with Gasteiger partial charge in [0.1, 0.15) is 5.56 Å². The number of nitrogens with one attached hydrogen (secondary N) is 3. The molecular weight excluding hydrogens is 344 g/mol. The summed E-state index contributed by atoms with van der Waals surface area (Å²) in [6.45, 7) is 0.207. The van der Waals surface area contributed by atoms with E-state index >= 15 is 0 Å². The molecule has 2 aromatic rings. The fourth-order valence-corrected chi connectivity index (χ4v) is 2.58. The zero-order chi connectivity index (χ0) is 17.1. The molecule has 1 aliphatic rings. The Bertz CT molecular complexity index is 832. The summed E-state index contributed by atoms with van der Waals surface area (Å²) in [4.78, 5) is 39.1. The molecule has 1 atom stereocenters. The number of aromatic nitrogens is 1. The minimum atomic E-state index is -0.580. The molecular formula is C17H21ClN4O3. The average Bonchev–Trinajstić information content (AvgIpc) is 3.43. The third-order valence-electron chi connectivity index (χ3n) is 4.20. The lowest BCUT2D eigenvalue weighted by molar-refractivity contribution is -0.120. The molecule has 0 bridgehead atoms. The number of carbonyl (C=O) groups is 2. The lowest BCUT2D eigenvalue weighted by Gasteiger charge is -2.12. The first-order valence-corrected chi connectivity index (χ1v) is 7.97. The number of hydrogen-bond acceptors (Lipinski definition) is 4. The maximum atomic E-state index is 12.3. The zero-order valence-electron chi connectivity index (χ0n) is 13.6. The van der Waals surface area contributed by atoms with Gasteiger partial charge in [-0.15, -0.1) is 12.4 Å². The molecule has 1 unspecified atom stereocenters. The summed E-state index contributed by atoms with van der Waals surface area (Å²) in [6.07, 6.45) is 3.58. The third kappa shape index (κ3) is 4.58. The lowest BCUT2D eigenvalue weighted by Crippen LogP contribution is -2.43. The number of H-pyrrole nitrogens is 1. The summed E-state index contributed by atoms with van der Waals surface area (Å²) in [6, 6.07) is 6.91. The predicted molar refractivity (Wildman–Crippen MR) is 97.9 cm³/mol. The Labute approximate surface area is 150 Å². The number of benzene rings is 1. The van der Waals surface area contributed by atoms with Gasteiger partial charge in [0.25, 0.3) is 5.91 Å². The Morgan fingerprint density at radius 2 is 1.96 bits per heavy atom. The third-order valence-corrected chi connectivity index (χ3v) is 4.20. The Morgan fingerprint density at radius 3 is 2.68 bits per heavy atom. The molecule has 3 rings (SSSR count). The van der Waals surface area contributed by atoms with Crippen LogP contribution in [0.4, 0.5) is 0 Å². The largest absolute Gasteiger partial charge is 0.360 e. The lowest BCUT2D eigenvalue weighted by atomic mass is 10.1. The molecule has 1 aliphatic carbocycles. The topological polar surface area (TPSA) is 117 Å². The highest BCUT2D eigenvalue weighted by Crippen LogP contribution is 2.31. The van der Waals surface area contributed by atoms with Gasteiger partial charge in [0.05, 0.1) is 6.54 Å². The summed E-state index contributed by atoms with van der Waals surface area (Å²) >= 11 is 0. The molecule has 0 aliphatic heterocycles. The Kier molecular flexibility index (Phi) is 6.17. The maximum absolute atomic E-state index is 12.3. The van der Waals surface area contributed by atoms with Crippen LogP contribution in [0.2, 0.25) is 0 Å². The average molecular weight is 365 g/mol. The number of rotatable bonds is 6. The van der Waals surface area contributed by atoms with E-state index in [1.165, 1.54) is 6.20 Å². The van der Waals surface area contributed by atoms with Crippen LogP contribution in [0.1, 0.15) is 23.2 Å². The van der Waals surface area contributed by atoms with Crippen LogP contribution in [0.3, 0.4) is 0 Å². The second-order valence-electron chi connectivity index (χ2n) is 6.07. The summed E-state index contributed by atoms with van der Waals surface area (Å²) in [7, 11) is 0. The van der Waals surface area contributed by atoms with E-state index in [9.17, 15) is 14.4 Å². The molecule has 5 N–H and O–H groups in total. The van der Waals surface area contributed by atoms with Crippen molar-refractivity contribution in [3.05, 3.63) is 46.2 Å². The highest BCUT2D eigenvalue weighted by atomic mass is 35.5. The first-order valence-electron chi connectivity index (χ1n) is 7.97. The van der Waals surface area contributed by atoms with Gasteiger partial charge in [-0.1, -0.05) is 12.1 Å². The monoisotopic (exact) mass is 364 g/mol. The van der Waals surface area contributed by atoms with E-state index in [0.717, 1.165) is 12.8 Å². The van der Waals surface area contributed by atoms with Crippen molar-refractivity contribution >= 4 is 35.1 Å². The molecule has 0 spiro atoms. The summed E-state index contributed by atoms with van der Waals surface area (Å²) in [5.74, 6) is -0.406. The zero-order valence-corrected chi connectivity index (χ0v) is 14.4. The molecule has 2 amide bonds. The van der Waals surface area contributed by atoms with Crippen molar-refractivity contribution in [2.24, 2.45) is 11.7 Å². The summed E-state index contributed by atoms with van der Waals surface area (Å²) in [5.41, 5.74) is 6.18. The van der Waals surface area contributed by atoms with Crippen LogP contribution < -0.4 is 21.8 Å². The van der Waals surface area contributed by atoms with Gasteiger partial charge in [-0.05, 0) is 30.9 Å². The van der Waals surface area contributed by atoms with Crippen LogP contribution in [0.25, 0.3) is 10.9 Å². The number of pyridine rings is 1. The summed E-state index contributed by atoms with van der Waals surface area (Å²) < 4.78 is 0. The van der Waals surface area contributed by atoms with E-state index in [0.29, 0.717) is 23.4 Å². The predicted octanol–water partition coefficient (Wildman–Crippen LogP) is 0.533. The van der Waals surface area contributed by atoms with Gasteiger partial charge in [-0.3, -0.25) is 14.4 Å². The highest BCUT2D eigenvalue weighted by Gasteiger charge is 2.28. The molecule has 0 radical (unpaired) electrons. The van der Waals surface area contributed by atoms with Crippen molar-refractivity contribution in [3.63, 3.8) is 0 Å². The van der Waals surface area contributed by atoms with Crippen molar-refractivity contribution in [3.8, 4) is 0 Å². The molecule has 134 valence electrons. The van der Waals surface area contributed by atoms with Crippen molar-refractivity contribution in [1.29, 1.82) is 0 Å². The second kappa shape index (κ2) is 8.13. The van der Waals surface area contributed by atoms with Gasteiger partial charge >= 0.3 is 0 Å². The molecule has 0 saturated heterocycles. The van der Waals surface area contributed by atoms with E-state index < -0.39 is 5.91 Å². The molecule has 1 fully saturated rings. The molecule has 1 aromatic heterocycles. The van der Waals surface area contributed by atoms with Crippen molar-refractivity contribution in [1.82, 2.24) is 15.6 Å². The fourth-order valence-electron chi connectivity index (χ4n) is 2.58. The Balaban J connectivity index is 0.00000225. The van der Waals surface area contributed by atoms with E-state index in [4.69, 9.17) is 5.73 Å². The van der Waals surface area contributed by atoms with E-state index in [2.05, 4.69) is 15.6 Å². The quantitative estimate of drug-likeness (QED) is 0.598. The Morgan fingerprint density at radius 1 is 1.24 bits per heavy atom. The number of para-hydroxylation sites is 1. The molecule has 1 saturated carbocycles. The normalized spacial score (nSPS) is 14.4. The minimum absolute atomic E-state index is 0. The number of hydrogen-bond donors (Lipinski definition) is 4. The van der Waals surface area contributed by atoms with Crippen LogP contribution in [0.15, 0.2) is 35.3 Å². The van der Waals surface area contributed by atoms with Crippen molar-refractivity contribution in [2.75, 3.05) is 13.1 Å². The van der Waals surface area contributed by atoms with Gasteiger partial charge in [-0.25, -0.2) is 0 Å². The standard InChI is InChI=1S/C17H20N4O3.ClH/c18-13(10-5-6-10)8-20-15(22)9-21-17(24)12-7-19-14-4-2-1-3-11(14)16(12)23;/h1-4,7,10,13H,5-6,8-9,18H2,(H,19,23)(H,20,22)(H,21,24);1H. The molecule has 1 heterocycles. The summed E-state index contributed by atoms with van der Waals surface area (Å²) in [5, 5.41) is 5.59. The van der Waals surface area contributed by atoms with Crippen molar-refractivity contribution < 1.29 is 9.59 Å². The van der Waals surface area contributed by atoms with Crippen LogP contribution >= 0.6 is 12.4 Å². The van der Waals surface area contributed by atoms with Crippen molar-refractivity contribution in [2.45, 2.75) is 18.9 Å². The van der Waals surface area contributed by atoms with Gasteiger partial charge < -0.3 is 21.4 Å². The van der Waals surface area contributed by atoms with E-state index in [1.54, 1.807) is 24.3 Å². The fraction of sp³-hybridized carbons (Fsp3) is 0.353. The number of nitrogens with two attached hydrogens (primary N) is 1. The van der Waals surface area contributed by atoms with Gasteiger partial charge in [0.15, 0.2) is 0 Å². The first kappa shape index (κ1) is 19.0. The molecule has 8 heteroatoms. The van der Waals surface area contributed by atoms with Crippen LogP contribution in [-0.4, -0.2) is 35.9 Å². The van der Waals surface area contributed by atoms with E-state index in [-0.39, 0.29) is 41.9 Å². The molecule has 7 nitrogen and oxygen atoms in total. The molecule has 1 aromatic carbocycles. The van der Waals surface area contributed by atoms with Crippen LogP contribution in [-0.2, 0) is 4.79 Å². The number of fused-ring (bicyclic) bond motifs is 1. The Hall–Kier alpha value is -2.38. The smallest absolute Gasteiger partial charge is 0.257 e. The minimum Gasteiger partial charge on any atom is -0.360 e.